The molecule has 0 aliphatic carbocycles. The molecule has 0 bridgehead atoms. The molecule has 9 heteroatoms. The number of carboxylic acids is 1. The SMILES string of the molecule is COC(c1ccc(C(=O)NC(CCSC)C(=O)O)c(-c2ccccc2C)c1)c1ccc(-c2ccc(C(C)=O)cc2)o1.[LiH]. The van der Waals surface area contributed by atoms with Crippen LogP contribution in [0.15, 0.2) is 83.3 Å². The molecule has 4 aromatic rings. The van der Waals surface area contributed by atoms with Crippen molar-refractivity contribution in [2.45, 2.75) is 32.4 Å². The van der Waals surface area contributed by atoms with Crippen molar-refractivity contribution in [1.29, 1.82) is 0 Å². The molecule has 7 nitrogen and oxygen atoms in total. The van der Waals surface area contributed by atoms with Gasteiger partial charge in [0.1, 0.15) is 23.7 Å². The monoisotopic (exact) mass is 579 g/mol. The summed E-state index contributed by atoms with van der Waals surface area (Å²) in [7, 11) is 1.59. The van der Waals surface area contributed by atoms with Crippen LogP contribution < -0.4 is 5.32 Å². The summed E-state index contributed by atoms with van der Waals surface area (Å²) in [6.07, 6.45) is 1.66. The van der Waals surface area contributed by atoms with Crippen molar-refractivity contribution < 1.29 is 28.6 Å². The molecular weight excluding hydrogens is 545 g/mol. The van der Waals surface area contributed by atoms with Crippen molar-refractivity contribution in [3.8, 4) is 22.5 Å². The number of carboxylic acid groups (broad SMARTS) is 1. The fourth-order valence-corrected chi connectivity index (χ4v) is 5.16. The van der Waals surface area contributed by atoms with E-state index in [-0.39, 0.29) is 24.6 Å². The zero-order valence-electron chi connectivity index (χ0n) is 23.5. The number of thioether (sulfide) groups is 1. The summed E-state index contributed by atoms with van der Waals surface area (Å²) >= 11 is 1.53. The van der Waals surface area contributed by atoms with Crippen molar-refractivity contribution in [1.82, 2.24) is 5.32 Å². The Hall–Kier alpha value is -3.54. The van der Waals surface area contributed by atoms with Gasteiger partial charge in [0.25, 0.3) is 5.91 Å². The maximum absolute atomic E-state index is 13.4. The molecule has 0 fully saturated rings. The second kappa shape index (κ2) is 15.1. The molecule has 2 unspecified atom stereocenters. The fourth-order valence-electron chi connectivity index (χ4n) is 4.68. The number of ketones is 1. The van der Waals surface area contributed by atoms with Gasteiger partial charge in [0.2, 0.25) is 0 Å². The first-order valence-corrected chi connectivity index (χ1v) is 14.6. The van der Waals surface area contributed by atoms with Gasteiger partial charge in [0.15, 0.2) is 5.78 Å². The Morgan fingerprint density at radius 2 is 1.69 bits per heavy atom. The Bertz CT molecular complexity index is 1550. The van der Waals surface area contributed by atoms with Gasteiger partial charge >= 0.3 is 24.8 Å². The number of Topliss-reactive ketones (excluding diaryl/α,β-unsaturated/α-hetero) is 1. The summed E-state index contributed by atoms with van der Waals surface area (Å²) in [4.78, 5) is 36.9. The summed E-state index contributed by atoms with van der Waals surface area (Å²) in [6.45, 7) is 3.49. The quantitative estimate of drug-likeness (QED) is 0.153. The fraction of sp³-hybridized carbons (Fsp3) is 0.242. The van der Waals surface area contributed by atoms with Crippen LogP contribution in [-0.4, -0.2) is 66.8 Å². The predicted octanol–water partition coefficient (Wildman–Crippen LogP) is 6.15. The number of hydrogen-bond acceptors (Lipinski definition) is 6. The van der Waals surface area contributed by atoms with E-state index < -0.39 is 24.0 Å². The summed E-state index contributed by atoms with van der Waals surface area (Å²) < 4.78 is 12.0. The van der Waals surface area contributed by atoms with Gasteiger partial charge in [-0.1, -0.05) is 54.6 Å². The van der Waals surface area contributed by atoms with Crippen molar-refractivity contribution in [3.63, 3.8) is 0 Å². The Morgan fingerprint density at radius 3 is 2.31 bits per heavy atom. The van der Waals surface area contributed by atoms with Gasteiger partial charge in [-0.15, -0.1) is 0 Å². The third-order valence-electron chi connectivity index (χ3n) is 6.94. The summed E-state index contributed by atoms with van der Waals surface area (Å²) in [5, 5.41) is 12.4. The molecule has 3 aromatic carbocycles. The van der Waals surface area contributed by atoms with Crippen LogP contribution in [0.3, 0.4) is 0 Å². The van der Waals surface area contributed by atoms with E-state index in [4.69, 9.17) is 9.15 Å². The first-order valence-electron chi connectivity index (χ1n) is 13.2. The maximum atomic E-state index is 13.4. The molecule has 42 heavy (non-hydrogen) atoms. The van der Waals surface area contributed by atoms with Crippen LogP contribution in [0.1, 0.15) is 57.1 Å². The van der Waals surface area contributed by atoms with E-state index in [1.807, 2.05) is 67.8 Å². The normalized spacial score (nSPS) is 12.2. The third kappa shape index (κ3) is 7.64. The Morgan fingerprint density at radius 1 is 0.976 bits per heavy atom. The van der Waals surface area contributed by atoms with Crippen molar-refractivity contribution >= 4 is 48.3 Å². The Balaban J connectivity index is 0.00000484. The number of hydrogen-bond donors (Lipinski definition) is 2. The zero-order chi connectivity index (χ0) is 29.5. The number of benzene rings is 3. The molecule has 0 aliphatic rings. The average Bonchev–Trinajstić information content (AvgIpc) is 3.45. The van der Waals surface area contributed by atoms with Crippen LogP contribution in [0, 0.1) is 6.92 Å². The number of carbonyl (C=O) groups excluding carboxylic acids is 2. The van der Waals surface area contributed by atoms with Crippen LogP contribution in [0.2, 0.25) is 0 Å². The van der Waals surface area contributed by atoms with E-state index in [2.05, 4.69) is 5.32 Å². The molecule has 2 atom stereocenters. The number of aliphatic carboxylic acids is 1. The van der Waals surface area contributed by atoms with Gasteiger partial charge in [-0.3, -0.25) is 9.59 Å². The summed E-state index contributed by atoms with van der Waals surface area (Å²) in [5.74, 6) is 0.307. The molecule has 4 rings (SSSR count). The Labute approximate surface area is 262 Å². The van der Waals surface area contributed by atoms with Gasteiger partial charge in [0, 0.05) is 23.8 Å². The third-order valence-corrected chi connectivity index (χ3v) is 7.58. The Kier molecular flexibility index (Phi) is 11.8. The van der Waals surface area contributed by atoms with Crippen LogP contribution in [0.25, 0.3) is 22.5 Å². The number of amides is 1. The molecule has 0 saturated heterocycles. The summed E-state index contributed by atoms with van der Waals surface area (Å²) in [6, 6.07) is 23.1. The second-order valence-electron chi connectivity index (χ2n) is 9.72. The minimum atomic E-state index is -1.06. The molecule has 0 radical (unpaired) electrons. The minimum absolute atomic E-state index is 0. The van der Waals surface area contributed by atoms with Crippen molar-refractivity contribution in [2.24, 2.45) is 0 Å². The number of nitrogens with one attached hydrogen (secondary N) is 1. The zero-order valence-corrected chi connectivity index (χ0v) is 24.3. The number of aryl methyl sites for hydroxylation is 1. The number of ether oxygens (including phenoxy) is 1. The van der Waals surface area contributed by atoms with Gasteiger partial charge < -0.3 is 19.6 Å². The molecule has 0 saturated carbocycles. The molecule has 214 valence electrons. The van der Waals surface area contributed by atoms with E-state index in [0.717, 1.165) is 22.3 Å². The van der Waals surface area contributed by atoms with Gasteiger partial charge in [-0.05, 0) is 78.8 Å². The number of rotatable bonds is 12. The molecular formula is C33H34LiNO6S. The molecule has 1 aromatic heterocycles. The van der Waals surface area contributed by atoms with Crippen LogP contribution in [-0.2, 0) is 9.53 Å². The first kappa shape index (κ1) is 33.0. The number of methoxy groups -OCH3 is 1. The van der Waals surface area contributed by atoms with Crippen LogP contribution >= 0.6 is 11.8 Å². The molecule has 1 heterocycles. The van der Waals surface area contributed by atoms with Crippen LogP contribution in [0.4, 0.5) is 0 Å². The first-order chi connectivity index (χ1) is 19.7. The number of carbonyl (C=O) groups is 3. The van der Waals surface area contributed by atoms with E-state index in [1.54, 1.807) is 31.4 Å². The van der Waals surface area contributed by atoms with E-state index >= 15 is 0 Å². The molecule has 0 spiro atoms. The van der Waals surface area contributed by atoms with E-state index in [1.165, 1.54) is 18.7 Å². The topological polar surface area (TPSA) is 106 Å². The molecule has 2 N–H and O–H groups in total. The van der Waals surface area contributed by atoms with Crippen molar-refractivity contribution in [2.75, 3.05) is 19.1 Å². The van der Waals surface area contributed by atoms with Gasteiger partial charge in [0.05, 0.1) is 0 Å². The molecule has 1 amide bonds. The average molecular weight is 580 g/mol. The summed E-state index contributed by atoms with van der Waals surface area (Å²) in [5.41, 5.74) is 5.10. The molecule has 0 aliphatic heterocycles. The predicted molar refractivity (Wildman–Crippen MR) is 169 cm³/mol. The van der Waals surface area contributed by atoms with E-state index in [9.17, 15) is 19.5 Å². The van der Waals surface area contributed by atoms with E-state index in [0.29, 0.717) is 40.4 Å². The van der Waals surface area contributed by atoms with Crippen LogP contribution in [0.5, 0.6) is 0 Å². The van der Waals surface area contributed by atoms with Gasteiger partial charge in [-0.25, -0.2) is 4.79 Å². The van der Waals surface area contributed by atoms with Gasteiger partial charge in [-0.2, -0.15) is 11.8 Å². The standard InChI is InChI=1S/C33H33NO6S.Li.H/c1-20-7-5-6-8-25(20)27-19-24(13-14-26(27)32(36)34-28(33(37)38)17-18-41-4)31(39-3)30-16-15-29(40-30)23-11-9-22(10-12-23)21(2)35;;/h5-16,19,28,31H,17-18H2,1-4H3,(H,34,36)(H,37,38);;. The number of furan rings is 1. The second-order valence-corrected chi connectivity index (χ2v) is 10.7. The van der Waals surface area contributed by atoms with Crippen molar-refractivity contribution in [3.05, 3.63) is 107 Å².